The molecule has 0 radical (unpaired) electrons. The molecule has 160 valence electrons. The van der Waals surface area contributed by atoms with Crippen LogP contribution in [-0.2, 0) is 21.0 Å². The van der Waals surface area contributed by atoms with Crippen molar-refractivity contribution in [2.24, 2.45) is 0 Å². The Bertz CT molecular complexity index is 1060. The van der Waals surface area contributed by atoms with Crippen molar-refractivity contribution in [3.05, 3.63) is 100 Å². The first-order valence-corrected chi connectivity index (χ1v) is 10.4. The minimum atomic E-state index is -1.10. The number of carbonyl (C=O) groups excluding carboxylic acids is 2. The van der Waals surface area contributed by atoms with Gasteiger partial charge in [-0.3, -0.25) is 14.4 Å². The smallest absolute Gasteiger partial charge is 0.267 e. The lowest BCUT2D eigenvalue weighted by Gasteiger charge is -2.34. The zero-order valence-electron chi connectivity index (χ0n) is 17.0. The number of amides is 2. The summed E-state index contributed by atoms with van der Waals surface area (Å²) in [7, 11) is 0. The van der Waals surface area contributed by atoms with Gasteiger partial charge in [-0.25, -0.2) is 4.39 Å². The number of benzene rings is 2. The Morgan fingerprint density at radius 1 is 1.29 bits per heavy atom. The van der Waals surface area contributed by atoms with Crippen LogP contribution in [0.1, 0.15) is 29.5 Å². The van der Waals surface area contributed by atoms with Crippen LogP contribution < -0.4 is 5.32 Å². The Hall–Kier alpha value is -3.03. The predicted molar refractivity (Wildman–Crippen MR) is 121 cm³/mol. The molecule has 31 heavy (non-hydrogen) atoms. The number of hydrogen-bond donors (Lipinski definition) is 1. The summed E-state index contributed by atoms with van der Waals surface area (Å²) in [6.45, 7) is 9.79. The number of rotatable bonds is 7. The van der Waals surface area contributed by atoms with Gasteiger partial charge in [-0.2, -0.15) is 5.06 Å². The number of halogens is 2. The molecule has 0 saturated carbocycles. The van der Waals surface area contributed by atoms with E-state index >= 15 is 0 Å². The molecular weight excluding hydrogens is 463 g/mol. The van der Waals surface area contributed by atoms with Gasteiger partial charge in [-0.05, 0) is 47.9 Å². The van der Waals surface area contributed by atoms with E-state index in [1.165, 1.54) is 12.1 Å². The highest BCUT2D eigenvalue weighted by Gasteiger charge is 2.41. The van der Waals surface area contributed by atoms with Crippen LogP contribution in [0.15, 0.2) is 77.8 Å². The second-order valence-electron chi connectivity index (χ2n) is 7.11. The summed E-state index contributed by atoms with van der Waals surface area (Å²) in [6, 6.07) is 11.1. The molecule has 0 spiro atoms. The van der Waals surface area contributed by atoms with E-state index in [9.17, 15) is 14.0 Å². The van der Waals surface area contributed by atoms with Gasteiger partial charge in [0.2, 0.25) is 5.91 Å². The number of carbonyl (C=O) groups is 2. The molecule has 5 nitrogen and oxygen atoms in total. The molecule has 1 N–H and O–H groups in total. The topological polar surface area (TPSA) is 58.6 Å². The van der Waals surface area contributed by atoms with Gasteiger partial charge >= 0.3 is 0 Å². The van der Waals surface area contributed by atoms with Crippen LogP contribution >= 0.6 is 15.9 Å². The van der Waals surface area contributed by atoms with Crippen LogP contribution in [0, 0.1) is 5.82 Å². The highest BCUT2D eigenvalue weighted by atomic mass is 79.9. The Kier molecular flexibility index (Phi) is 7.20. The van der Waals surface area contributed by atoms with E-state index in [-0.39, 0.29) is 19.0 Å². The second-order valence-corrected chi connectivity index (χ2v) is 8.03. The van der Waals surface area contributed by atoms with Crippen molar-refractivity contribution < 1.29 is 18.8 Å². The van der Waals surface area contributed by atoms with Crippen LogP contribution in [-0.4, -0.2) is 23.5 Å². The lowest BCUT2D eigenvalue weighted by atomic mass is 9.87. The zero-order chi connectivity index (χ0) is 22.5. The molecule has 1 aliphatic rings. The van der Waals surface area contributed by atoms with Gasteiger partial charge in [-0.1, -0.05) is 59.4 Å². The molecule has 3 rings (SSSR count). The zero-order valence-corrected chi connectivity index (χ0v) is 18.6. The number of nitrogens with zero attached hydrogens (tertiary/aromatic N) is 1. The van der Waals surface area contributed by atoms with Crippen molar-refractivity contribution in [1.29, 1.82) is 0 Å². The van der Waals surface area contributed by atoms with Gasteiger partial charge in [0.15, 0.2) is 0 Å². The predicted octanol–water partition coefficient (Wildman–Crippen LogP) is 4.87. The van der Waals surface area contributed by atoms with E-state index in [1.54, 1.807) is 42.5 Å². The van der Waals surface area contributed by atoms with E-state index in [0.717, 1.165) is 20.7 Å². The minimum absolute atomic E-state index is 0.143. The average Bonchev–Trinajstić information content (AvgIpc) is 2.74. The van der Waals surface area contributed by atoms with Crippen molar-refractivity contribution >= 4 is 33.4 Å². The van der Waals surface area contributed by atoms with E-state index in [0.29, 0.717) is 16.8 Å². The summed E-state index contributed by atoms with van der Waals surface area (Å²) in [4.78, 5) is 32.0. The maximum atomic E-state index is 13.2. The maximum absolute atomic E-state index is 13.2. The van der Waals surface area contributed by atoms with Crippen LogP contribution in [0.25, 0.3) is 5.70 Å². The molecule has 2 aromatic rings. The van der Waals surface area contributed by atoms with Crippen molar-refractivity contribution in [2.75, 3.05) is 6.61 Å². The summed E-state index contributed by atoms with van der Waals surface area (Å²) >= 11 is 3.42. The fraction of sp³-hybridized carbons (Fsp3) is 0.167. The van der Waals surface area contributed by atoms with Gasteiger partial charge in [-0.15, -0.1) is 0 Å². The van der Waals surface area contributed by atoms with E-state index in [4.69, 9.17) is 4.84 Å². The Morgan fingerprint density at radius 3 is 2.68 bits per heavy atom. The number of nitrogens with one attached hydrogen (secondary N) is 1. The Balaban J connectivity index is 1.87. The molecule has 2 amide bonds. The van der Waals surface area contributed by atoms with E-state index in [1.807, 2.05) is 6.92 Å². The molecule has 0 aromatic heterocycles. The molecule has 1 atom stereocenters. The molecule has 0 bridgehead atoms. The van der Waals surface area contributed by atoms with Crippen LogP contribution in [0.4, 0.5) is 4.39 Å². The molecule has 1 unspecified atom stereocenters. The van der Waals surface area contributed by atoms with Crippen molar-refractivity contribution in [3.63, 3.8) is 0 Å². The standard InChI is InChI=1S/C24H22BrFN2O3/c1-4-5-15(2)14-31-28-16(3)21-12-18(25)8-11-20(21)22(24(28)30)23(29)27-13-17-6-9-19(26)10-7-17/h4-12,22H,1,3,13-14H2,2H3,(H,27,29). The van der Waals surface area contributed by atoms with Crippen molar-refractivity contribution in [1.82, 2.24) is 10.4 Å². The Labute approximate surface area is 189 Å². The molecule has 0 fully saturated rings. The average molecular weight is 485 g/mol. The quantitative estimate of drug-likeness (QED) is 0.450. The SMILES string of the molecule is C=CC=C(C)CON1C(=C)c2cc(Br)ccc2C(C(=O)NCc2ccc(F)cc2)C1=O. The maximum Gasteiger partial charge on any atom is 0.267 e. The molecular formula is C24H22BrFN2O3. The number of allylic oxidation sites excluding steroid dienone is 2. The highest BCUT2D eigenvalue weighted by molar-refractivity contribution is 9.10. The van der Waals surface area contributed by atoms with E-state index in [2.05, 4.69) is 34.4 Å². The second kappa shape index (κ2) is 9.85. The number of hydroxylamine groups is 2. The molecule has 1 heterocycles. The number of fused-ring (bicyclic) bond motifs is 1. The van der Waals surface area contributed by atoms with Crippen LogP contribution in [0.2, 0.25) is 0 Å². The first-order chi connectivity index (χ1) is 14.8. The highest BCUT2D eigenvalue weighted by Crippen LogP contribution is 2.37. The van der Waals surface area contributed by atoms with Crippen molar-refractivity contribution in [2.45, 2.75) is 19.4 Å². The van der Waals surface area contributed by atoms with Gasteiger partial charge in [0.1, 0.15) is 11.7 Å². The first kappa shape index (κ1) is 22.7. The summed E-state index contributed by atoms with van der Waals surface area (Å²) in [5, 5.41) is 3.84. The van der Waals surface area contributed by atoms with Crippen LogP contribution in [0.3, 0.4) is 0 Å². The third-order valence-electron chi connectivity index (χ3n) is 4.80. The summed E-state index contributed by atoms with van der Waals surface area (Å²) in [5.41, 5.74) is 3.12. The third-order valence-corrected chi connectivity index (χ3v) is 5.29. The molecule has 0 saturated heterocycles. The van der Waals surface area contributed by atoms with Gasteiger partial charge in [0.05, 0.1) is 12.3 Å². The van der Waals surface area contributed by atoms with Crippen molar-refractivity contribution in [3.8, 4) is 0 Å². The summed E-state index contributed by atoms with van der Waals surface area (Å²) in [5.74, 6) is -2.46. The molecule has 7 heteroatoms. The van der Waals surface area contributed by atoms with Crippen LogP contribution in [0.5, 0.6) is 0 Å². The summed E-state index contributed by atoms with van der Waals surface area (Å²) < 4.78 is 13.9. The van der Waals surface area contributed by atoms with E-state index < -0.39 is 17.7 Å². The molecule has 2 aromatic carbocycles. The Morgan fingerprint density at radius 2 is 2.00 bits per heavy atom. The lowest BCUT2D eigenvalue weighted by Crippen LogP contribution is -2.44. The number of hydrogen-bond acceptors (Lipinski definition) is 3. The first-order valence-electron chi connectivity index (χ1n) is 9.57. The third kappa shape index (κ3) is 5.18. The molecule has 1 aliphatic heterocycles. The normalized spacial score (nSPS) is 16.2. The van der Waals surface area contributed by atoms with Gasteiger partial charge in [0.25, 0.3) is 5.91 Å². The van der Waals surface area contributed by atoms with Gasteiger partial charge in [0, 0.05) is 16.6 Å². The minimum Gasteiger partial charge on any atom is -0.351 e. The largest absolute Gasteiger partial charge is 0.351 e. The fourth-order valence-electron chi connectivity index (χ4n) is 3.23. The lowest BCUT2D eigenvalue weighted by molar-refractivity contribution is -0.168. The van der Waals surface area contributed by atoms with Gasteiger partial charge < -0.3 is 5.32 Å². The molecule has 0 aliphatic carbocycles. The fourth-order valence-corrected chi connectivity index (χ4v) is 3.59. The summed E-state index contributed by atoms with van der Waals surface area (Å²) in [6.07, 6.45) is 3.40. The monoisotopic (exact) mass is 484 g/mol.